The average molecular weight is 379 g/mol. The molecule has 27 heavy (non-hydrogen) atoms. The van der Waals surface area contributed by atoms with Crippen molar-refractivity contribution in [2.75, 3.05) is 6.26 Å². The highest BCUT2D eigenvalue weighted by molar-refractivity contribution is 7.98. The van der Waals surface area contributed by atoms with E-state index in [-0.39, 0.29) is 5.70 Å². The topological polar surface area (TPSA) is 79.5 Å². The van der Waals surface area contributed by atoms with Gasteiger partial charge in [-0.2, -0.15) is 0 Å². The van der Waals surface area contributed by atoms with E-state index in [2.05, 4.69) is 5.32 Å². The first-order chi connectivity index (χ1) is 13.1. The number of rotatable bonds is 6. The van der Waals surface area contributed by atoms with Gasteiger partial charge < -0.3 is 14.8 Å². The monoisotopic (exact) mass is 379 g/mol. The molecule has 0 aliphatic carbocycles. The number of benzene rings is 2. The minimum Gasteiger partial charge on any atom is -0.477 e. The summed E-state index contributed by atoms with van der Waals surface area (Å²) in [6.45, 7) is 0. The van der Waals surface area contributed by atoms with E-state index in [1.54, 1.807) is 54.2 Å². The van der Waals surface area contributed by atoms with Crippen molar-refractivity contribution >= 4 is 29.7 Å². The van der Waals surface area contributed by atoms with Crippen molar-refractivity contribution in [1.29, 1.82) is 0 Å². The predicted octanol–water partition coefficient (Wildman–Crippen LogP) is 4.52. The molecule has 0 aliphatic rings. The Morgan fingerprint density at radius 2 is 1.70 bits per heavy atom. The smallest absolute Gasteiger partial charge is 0.352 e. The number of carboxylic acids is 1. The number of thioether (sulfide) groups is 1. The van der Waals surface area contributed by atoms with Crippen molar-refractivity contribution in [2.45, 2.75) is 4.90 Å². The van der Waals surface area contributed by atoms with Crippen molar-refractivity contribution in [2.24, 2.45) is 0 Å². The van der Waals surface area contributed by atoms with Gasteiger partial charge in [-0.25, -0.2) is 4.79 Å². The lowest BCUT2D eigenvalue weighted by Gasteiger charge is -2.05. The average Bonchev–Trinajstić information content (AvgIpc) is 3.16. The molecule has 1 aromatic heterocycles. The molecule has 0 aliphatic heterocycles. The molecular weight excluding hydrogens is 362 g/mol. The Balaban J connectivity index is 1.81. The number of aliphatic carboxylic acids is 1. The van der Waals surface area contributed by atoms with Crippen LogP contribution < -0.4 is 5.32 Å². The van der Waals surface area contributed by atoms with Crippen molar-refractivity contribution < 1.29 is 19.1 Å². The maximum Gasteiger partial charge on any atom is 0.352 e. The normalized spacial score (nSPS) is 11.2. The summed E-state index contributed by atoms with van der Waals surface area (Å²) < 4.78 is 5.71. The van der Waals surface area contributed by atoms with E-state index in [4.69, 9.17) is 4.42 Å². The minimum atomic E-state index is -1.25. The highest BCUT2D eigenvalue weighted by atomic mass is 32.2. The Kier molecular flexibility index (Phi) is 5.78. The van der Waals surface area contributed by atoms with Gasteiger partial charge in [0.1, 0.15) is 17.2 Å². The fraction of sp³-hybridized carbons (Fsp3) is 0.0476. The summed E-state index contributed by atoms with van der Waals surface area (Å²) in [5.74, 6) is -0.789. The zero-order chi connectivity index (χ0) is 19.2. The third-order valence-electron chi connectivity index (χ3n) is 3.80. The molecule has 1 amide bonds. The molecule has 3 aromatic rings. The molecule has 0 bridgehead atoms. The number of nitrogens with one attached hydrogen (secondary N) is 1. The van der Waals surface area contributed by atoms with Gasteiger partial charge in [0.25, 0.3) is 5.91 Å². The molecule has 2 aromatic carbocycles. The molecular formula is C21H17NO4S. The molecule has 0 saturated heterocycles. The third kappa shape index (κ3) is 4.68. The molecule has 5 nitrogen and oxygen atoms in total. The number of amides is 1. The van der Waals surface area contributed by atoms with Crippen molar-refractivity contribution in [3.63, 3.8) is 0 Å². The zero-order valence-electron chi connectivity index (χ0n) is 14.5. The molecule has 6 heteroatoms. The van der Waals surface area contributed by atoms with Crippen molar-refractivity contribution in [3.05, 3.63) is 83.8 Å². The highest BCUT2D eigenvalue weighted by Gasteiger charge is 2.14. The first-order valence-electron chi connectivity index (χ1n) is 8.12. The standard InChI is InChI=1S/C21H17NO4S/c1-27-17-10-7-14(8-11-17)19-12-9-16(26-19)13-18(21(24)25)22-20(23)15-5-3-2-4-6-15/h2-13H,1H3,(H,22,23)(H,24,25). The molecule has 3 rings (SSSR count). The Labute approximate surface area is 160 Å². The predicted molar refractivity (Wildman–Crippen MR) is 105 cm³/mol. The Bertz CT molecular complexity index is 975. The molecule has 136 valence electrons. The van der Waals surface area contributed by atoms with E-state index in [0.717, 1.165) is 10.5 Å². The van der Waals surface area contributed by atoms with E-state index >= 15 is 0 Å². The molecule has 0 unspecified atom stereocenters. The van der Waals surface area contributed by atoms with Crippen LogP contribution in [0.5, 0.6) is 0 Å². The number of carbonyl (C=O) groups is 2. The molecule has 0 saturated carbocycles. The van der Waals surface area contributed by atoms with Crippen LogP contribution in [0.2, 0.25) is 0 Å². The summed E-state index contributed by atoms with van der Waals surface area (Å²) in [7, 11) is 0. The van der Waals surface area contributed by atoms with E-state index in [1.165, 1.54) is 6.08 Å². The van der Waals surface area contributed by atoms with Crippen LogP contribution in [0.25, 0.3) is 17.4 Å². The Hall–Kier alpha value is -3.25. The first kappa shape index (κ1) is 18.5. The van der Waals surface area contributed by atoms with Crippen LogP contribution in [0.1, 0.15) is 16.1 Å². The molecule has 0 fully saturated rings. The minimum absolute atomic E-state index is 0.262. The van der Waals surface area contributed by atoms with Gasteiger partial charge in [-0.1, -0.05) is 30.3 Å². The van der Waals surface area contributed by atoms with Gasteiger partial charge in [0.15, 0.2) is 0 Å². The molecule has 1 heterocycles. The molecule has 0 spiro atoms. The second-order valence-electron chi connectivity index (χ2n) is 5.61. The number of hydrogen-bond acceptors (Lipinski definition) is 4. The van der Waals surface area contributed by atoms with E-state index < -0.39 is 11.9 Å². The first-order valence-corrected chi connectivity index (χ1v) is 9.35. The van der Waals surface area contributed by atoms with Gasteiger partial charge >= 0.3 is 5.97 Å². The van der Waals surface area contributed by atoms with Crippen LogP contribution in [0.4, 0.5) is 0 Å². The maximum absolute atomic E-state index is 12.2. The summed E-state index contributed by atoms with van der Waals surface area (Å²) in [6, 6.07) is 19.7. The lowest BCUT2D eigenvalue weighted by molar-refractivity contribution is -0.132. The van der Waals surface area contributed by atoms with Crippen LogP contribution in [0.3, 0.4) is 0 Å². The summed E-state index contributed by atoms with van der Waals surface area (Å²) in [5, 5.41) is 11.8. The van der Waals surface area contributed by atoms with Crippen LogP contribution in [-0.4, -0.2) is 23.2 Å². The lowest BCUT2D eigenvalue weighted by Crippen LogP contribution is -2.27. The Morgan fingerprint density at radius 1 is 1.00 bits per heavy atom. The summed E-state index contributed by atoms with van der Waals surface area (Å²) >= 11 is 1.65. The lowest BCUT2D eigenvalue weighted by atomic mass is 10.2. The fourth-order valence-electron chi connectivity index (χ4n) is 2.42. The summed E-state index contributed by atoms with van der Waals surface area (Å²) in [6.07, 6.45) is 3.30. The van der Waals surface area contributed by atoms with Crippen molar-refractivity contribution in [1.82, 2.24) is 5.32 Å². The van der Waals surface area contributed by atoms with Crippen LogP contribution >= 0.6 is 11.8 Å². The summed E-state index contributed by atoms with van der Waals surface area (Å²) in [4.78, 5) is 24.8. The van der Waals surface area contributed by atoms with E-state index in [0.29, 0.717) is 17.1 Å². The van der Waals surface area contributed by atoms with Crippen LogP contribution in [0, 0.1) is 0 Å². The summed E-state index contributed by atoms with van der Waals surface area (Å²) in [5.41, 5.74) is 0.999. The van der Waals surface area contributed by atoms with Gasteiger partial charge in [-0.3, -0.25) is 4.79 Å². The van der Waals surface area contributed by atoms with E-state index in [1.807, 2.05) is 30.5 Å². The van der Waals surface area contributed by atoms with Crippen LogP contribution in [-0.2, 0) is 4.79 Å². The van der Waals surface area contributed by atoms with Crippen molar-refractivity contribution in [3.8, 4) is 11.3 Å². The number of carboxylic acid groups (broad SMARTS) is 1. The van der Waals surface area contributed by atoms with Gasteiger partial charge in [0.05, 0.1) is 0 Å². The number of carbonyl (C=O) groups excluding carboxylic acids is 1. The number of hydrogen-bond donors (Lipinski definition) is 2. The Morgan fingerprint density at radius 3 is 2.33 bits per heavy atom. The van der Waals surface area contributed by atoms with E-state index in [9.17, 15) is 14.7 Å². The SMILES string of the molecule is CSc1ccc(-c2ccc(C=C(NC(=O)c3ccccc3)C(=O)O)o2)cc1. The molecule has 0 radical (unpaired) electrons. The molecule has 2 N–H and O–H groups in total. The molecule has 0 atom stereocenters. The van der Waals surface area contributed by atoms with Gasteiger partial charge in [-0.05, 0) is 42.7 Å². The second kappa shape index (κ2) is 8.42. The largest absolute Gasteiger partial charge is 0.477 e. The van der Waals surface area contributed by atoms with Gasteiger partial charge in [-0.15, -0.1) is 11.8 Å². The van der Waals surface area contributed by atoms with Crippen LogP contribution in [0.15, 0.2) is 81.7 Å². The quantitative estimate of drug-likeness (QED) is 0.486. The second-order valence-corrected chi connectivity index (χ2v) is 6.49. The van der Waals surface area contributed by atoms with Gasteiger partial charge in [0.2, 0.25) is 0 Å². The number of furan rings is 1. The van der Waals surface area contributed by atoms with Gasteiger partial charge in [0, 0.05) is 22.1 Å². The maximum atomic E-state index is 12.2. The zero-order valence-corrected chi connectivity index (χ0v) is 15.3. The third-order valence-corrected chi connectivity index (χ3v) is 4.55. The fourth-order valence-corrected chi connectivity index (χ4v) is 2.83. The highest BCUT2D eigenvalue weighted by Crippen LogP contribution is 2.25.